The average molecular weight is 239 g/mol. The zero-order valence-corrected chi connectivity index (χ0v) is 11.2. The Balaban J connectivity index is 4.81. The van der Waals surface area contributed by atoms with Crippen molar-refractivity contribution in [2.45, 2.75) is 33.7 Å². The van der Waals surface area contributed by atoms with Gasteiger partial charge in [-0.3, -0.25) is 4.79 Å². The van der Waals surface area contributed by atoms with E-state index in [4.69, 9.17) is 4.74 Å². The maximum Gasteiger partial charge on any atom is 0.341 e. The summed E-state index contributed by atoms with van der Waals surface area (Å²) >= 11 is 0. The van der Waals surface area contributed by atoms with E-state index in [1.807, 2.05) is 18.9 Å². The highest BCUT2D eigenvalue weighted by Crippen LogP contribution is 2.06. The molecule has 0 N–H and O–H groups in total. The summed E-state index contributed by atoms with van der Waals surface area (Å²) in [4.78, 5) is 24.1. The highest BCUT2D eigenvalue weighted by Gasteiger charge is 2.08. The van der Waals surface area contributed by atoms with Gasteiger partial charge < -0.3 is 9.64 Å². The van der Waals surface area contributed by atoms with Crippen molar-refractivity contribution in [3.05, 3.63) is 23.4 Å². The van der Waals surface area contributed by atoms with Gasteiger partial charge in [0.25, 0.3) is 0 Å². The fraction of sp³-hybridized carbons (Fsp3) is 0.538. The molecule has 0 heterocycles. The molecule has 0 spiro atoms. The van der Waals surface area contributed by atoms with Crippen molar-refractivity contribution >= 4 is 12.3 Å². The molecule has 0 radical (unpaired) electrons. The molecule has 4 nitrogen and oxygen atoms in total. The predicted octanol–water partition coefficient (Wildman–Crippen LogP) is 1.92. The van der Waals surface area contributed by atoms with Gasteiger partial charge in [0, 0.05) is 18.8 Å². The Kier molecular flexibility index (Phi) is 6.94. The van der Waals surface area contributed by atoms with Crippen molar-refractivity contribution in [1.82, 2.24) is 4.90 Å². The summed E-state index contributed by atoms with van der Waals surface area (Å²) in [6, 6.07) is 0.363. The molecule has 0 fully saturated rings. The van der Waals surface area contributed by atoms with E-state index in [0.29, 0.717) is 12.3 Å². The van der Waals surface area contributed by atoms with Gasteiger partial charge in [0.2, 0.25) is 0 Å². The molecule has 0 atom stereocenters. The average Bonchev–Trinajstić information content (AvgIpc) is 2.28. The lowest BCUT2D eigenvalue weighted by atomic mass is 10.2. The molecule has 0 saturated carbocycles. The summed E-state index contributed by atoms with van der Waals surface area (Å²) in [6.45, 7) is 8.01. The highest BCUT2D eigenvalue weighted by molar-refractivity contribution is 6.07. The molecule has 0 saturated heterocycles. The molecule has 0 aromatic rings. The number of carbonyl (C=O) groups is 2. The summed E-state index contributed by atoms with van der Waals surface area (Å²) in [6.07, 6.45) is 3.73. The second-order valence-electron chi connectivity index (χ2n) is 3.97. The van der Waals surface area contributed by atoms with Gasteiger partial charge in [-0.25, -0.2) is 4.79 Å². The fourth-order valence-electron chi connectivity index (χ4n) is 1.11. The van der Waals surface area contributed by atoms with Gasteiger partial charge in [0.05, 0.1) is 12.2 Å². The van der Waals surface area contributed by atoms with Crippen LogP contribution in [0.15, 0.2) is 23.4 Å². The van der Waals surface area contributed by atoms with Crippen molar-refractivity contribution in [1.29, 1.82) is 0 Å². The van der Waals surface area contributed by atoms with E-state index in [0.717, 1.165) is 5.70 Å². The number of carbonyl (C=O) groups excluding carboxylic acids is 2. The highest BCUT2D eigenvalue weighted by atomic mass is 16.5. The van der Waals surface area contributed by atoms with E-state index in [9.17, 15) is 9.59 Å². The largest absolute Gasteiger partial charge is 0.462 e. The first-order chi connectivity index (χ1) is 7.93. The number of hydrogen-bond acceptors (Lipinski definition) is 4. The van der Waals surface area contributed by atoms with Crippen molar-refractivity contribution < 1.29 is 14.3 Å². The topological polar surface area (TPSA) is 46.6 Å². The quantitative estimate of drug-likeness (QED) is 0.177. The summed E-state index contributed by atoms with van der Waals surface area (Å²) in [5.74, 6) is -0.584. The summed E-state index contributed by atoms with van der Waals surface area (Å²) in [5, 5.41) is 0. The standard InChI is InChI=1S/C13H21NO3/c1-6-17-13(16)12(9-15)8-7-11(4)14(5)10(2)3/h7-10H,6H2,1-5H3/b11-7-,12-8+. The third-order valence-corrected chi connectivity index (χ3v) is 2.47. The van der Waals surface area contributed by atoms with E-state index < -0.39 is 5.97 Å². The van der Waals surface area contributed by atoms with Crippen LogP contribution in [-0.4, -0.2) is 36.9 Å². The third kappa shape index (κ3) is 5.33. The second-order valence-corrected chi connectivity index (χ2v) is 3.97. The lowest BCUT2D eigenvalue weighted by Gasteiger charge is -2.24. The number of hydrogen-bond donors (Lipinski definition) is 0. The van der Waals surface area contributed by atoms with E-state index >= 15 is 0 Å². The maximum atomic E-state index is 11.3. The number of ether oxygens (including phenoxy) is 1. The monoisotopic (exact) mass is 239 g/mol. The zero-order chi connectivity index (χ0) is 13.4. The van der Waals surface area contributed by atoms with E-state index in [-0.39, 0.29) is 12.2 Å². The number of esters is 1. The molecule has 0 bridgehead atoms. The van der Waals surface area contributed by atoms with Crippen LogP contribution >= 0.6 is 0 Å². The fourth-order valence-corrected chi connectivity index (χ4v) is 1.11. The Morgan fingerprint density at radius 2 is 1.94 bits per heavy atom. The summed E-state index contributed by atoms with van der Waals surface area (Å²) in [7, 11) is 1.95. The summed E-state index contributed by atoms with van der Waals surface area (Å²) in [5.41, 5.74) is 1.01. The Morgan fingerprint density at radius 3 is 2.35 bits per heavy atom. The van der Waals surface area contributed by atoms with Gasteiger partial charge in [0.1, 0.15) is 0 Å². The van der Waals surface area contributed by atoms with Crippen LogP contribution in [-0.2, 0) is 14.3 Å². The van der Waals surface area contributed by atoms with E-state index in [2.05, 4.69) is 13.8 Å². The molecule has 0 aromatic heterocycles. The van der Waals surface area contributed by atoms with Crippen LogP contribution in [0, 0.1) is 0 Å². The summed E-state index contributed by atoms with van der Waals surface area (Å²) < 4.78 is 4.75. The van der Waals surface area contributed by atoms with Crippen LogP contribution in [0.3, 0.4) is 0 Å². The van der Waals surface area contributed by atoms with Crippen molar-refractivity contribution in [2.24, 2.45) is 0 Å². The molecule has 0 rings (SSSR count). The van der Waals surface area contributed by atoms with Gasteiger partial charge >= 0.3 is 5.97 Å². The van der Waals surface area contributed by atoms with Crippen LogP contribution in [0.1, 0.15) is 27.7 Å². The van der Waals surface area contributed by atoms with Crippen LogP contribution < -0.4 is 0 Å². The first-order valence-corrected chi connectivity index (χ1v) is 5.67. The molecular formula is C13H21NO3. The molecule has 96 valence electrons. The Labute approximate surface area is 103 Å². The van der Waals surface area contributed by atoms with Crippen molar-refractivity contribution in [3.8, 4) is 0 Å². The molecule has 17 heavy (non-hydrogen) atoms. The molecule has 0 aliphatic rings. The van der Waals surface area contributed by atoms with Gasteiger partial charge in [-0.05, 0) is 39.8 Å². The molecular weight excluding hydrogens is 218 g/mol. The molecule has 0 aliphatic heterocycles. The van der Waals surface area contributed by atoms with Gasteiger partial charge in [0.15, 0.2) is 6.29 Å². The Morgan fingerprint density at radius 1 is 1.35 bits per heavy atom. The molecule has 0 aromatic carbocycles. The lowest BCUT2D eigenvalue weighted by Crippen LogP contribution is -2.24. The minimum atomic E-state index is -0.584. The maximum absolute atomic E-state index is 11.3. The van der Waals surface area contributed by atoms with Gasteiger partial charge in [-0.2, -0.15) is 0 Å². The minimum absolute atomic E-state index is 0.0309. The molecule has 0 unspecified atom stereocenters. The predicted molar refractivity (Wildman–Crippen MR) is 67.4 cm³/mol. The van der Waals surface area contributed by atoms with Crippen LogP contribution in [0.4, 0.5) is 0 Å². The number of nitrogens with zero attached hydrogens (tertiary/aromatic N) is 1. The molecule has 0 aliphatic carbocycles. The Bertz CT molecular complexity index is 330. The number of aldehydes is 1. The SMILES string of the molecule is CCOC(=O)/C(C=O)=C/C=C(/C)N(C)C(C)C. The number of rotatable bonds is 6. The van der Waals surface area contributed by atoms with E-state index in [1.54, 1.807) is 13.0 Å². The van der Waals surface area contributed by atoms with Crippen LogP contribution in [0.5, 0.6) is 0 Å². The normalized spacial score (nSPS) is 12.6. The van der Waals surface area contributed by atoms with Crippen molar-refractivity contribution in [2.75, 3.05) is 13.7 Å². The van der Waals surface area contributed by atoms with Gasteiger partial charge in [-0.15, -0.1) is 0 Å². The third-order valence-electron chi connectivity index (χ3n) is 2.47. The first-order valence-electron chi connectivity index (χ1n) is 5.67. The minimum Gasteiger partial charge on any atom is -0.462 e. The lowest BCUT2D eigenvalue weighted by molar-refractivity contribution is -0.139. The Hall–Kier alpha value is -1.58. The van der Waals surface area contributed by atoms with Crippen LogP contribution in [0.2, 0.25) is 0 Å². The number of allylic oxidation sites excluding steroid dienone is 3. The van der Waals surface area contributed by atoms with E-state index in [1.165, 1.54) is 6.08 Å². The van der Waals surface area contributed by atoms with Gasteiger partial charge in [-0.1, -0.05) is 0 Å². The van der Waals surface area contributed by atoms with Crippen LogP contribution in [0.25, 0.3) is 0 Å². The smallest absolute Gasteiger partial charge is 0.341 e. The first kappa shape index (κ1) is 15.4. The molecule has 4 heteroatoms. The molecule has 0 amide bonds. The zero-order valence-electron chi connectivity index (χ0n) is 11.2. The second kappa shape index (κ2) is 7.65. The van der Waals surface area contributed by atoms with Crippen molar-refractivity contribution in [3.63, 3.8) is 0 Å².